The van der Waals surface area contributed by atoms with Crippen LogP contribution in [0.25, 0.3) is 11.0 Å². The van der Waals surface area contributed by atoms with Crippen molar-refractivity contribution in [3.63, 3.8) is 0 Å². The van der Waals surface area contributed by atoms with Crippen molar-refractivity contribution in [1.82, 2.24) is 14.9 Å². The number of rotatable bonds is 6. The Hall–Kier alpha value is -2.91. The van der Waals surface area contributed by atoms with Crippen LogP contribution >= 0.6 is 0 Å². The Bertz CT molecular complexity index is 855. The number of methoxy groups -OCH3 is 2. The number of anilines is 1. The van der Waals surface area contributed by atoms with Crippen LogP contribution in [-0.2, 0) is 30.3 Å². The number of ether oxygens (including phenoxy) is 3. The predicted molar refractivity (Wildman–Crippen MR) is 97.9 cm³/mol. The average molecular weight is 374 g/mol. The molecule has 1 aromatic carbocycles. The summed E-state index contributed by atoms with van der Waals surface area (Å²) in [6.07, 6.45) is 1.05. The lowest BCUT2D eigenvalue weighted by Gasteiger charge is -2.25. The van der Waals surface area contributed by atoms with Crippen LogP contribution in [0.1, 0.15) is 5.82 Å². The van der Waals surface area contributed by atoms with Gasteiger partial charge in [-0.05, 0) is 18.2 Å². The van der Waals surface area contributed by atoms with E-state index in [1.807, 2.05) is 12.1 Å². The number of carbonyl (C=O) groups excluding carboxylic acids is 2. The minimum atomic E-state index is -0.668. The third-order valence-corrected chi connectivity index (χ3v) is 4.16. The number of hydrogen-bond acceptors (Lipinski definition) is 8. The standard InChI is InChI=1S/C18H22N4O5/c1-25-17(23)10-15(18(24)26-2)19-12-3-4-13-14(9-12)21-16(20-13)11-22-5-7-27-8-6-22/h3-4,9-10,19H,5-8,11H2,1-2H3,(H,20,21)/b15-10+. The molecule has 0 bridgehead atoms. The van der Waals surface area contributed by atoms with E-state index in [4.69, 9.17) is 9.47 Å². The second-order valence-corrected chi connectivity index (χ2v) is 6.00. The molecule has 27 heavy (non-hydrogen) atoms. The van der Waals surface area contributed by atoms with E-state index in [1.165, 1.54) is 14.2 Å². The van der Waals surface area contributed by atoms with Crippen LogP contribution in [0.15, 0.2) is 30.0 Å². The van der Waals surface area contributed by atoms with Crippen molar-refractivity contribution in [3.05, 3.63) is 35.8 Å². The van der Waals surface area contributed by atoms with Gasteiger partial charge in [-0.2, -0.15) is 0 Å². The number of aromatic amines is 1. The van der Waals surface area contributed by atoms with Crippen molar-refractivity contribution in [1.29, 1.82) is 0 Å². The molecule has 2 N–H and O–H groups in total. The smallest absolute Gasteiger partial charge is 0.354 e. The molecule has 144 valence electrons. The first kappa shape index (κ1) is 18.9. The van der Waals surface area contributed by atoms with Gasteiger partial charge in [-0.15, -0.1) is 0 Å². The lowest BCUT2D eigenvalue weighted by molar-refractivity contribution is -0.138. The zero-order chi connectivity index (χ0) is 19.2. The Morgan fingerprint density at radius 1 is 1.30 bits per heavy atom. The van der Waals surface area contributed by atoms with Crippen molar-refractivity contribution in [3.8, 4) is 0 Å². The largest absolute Gasteiger partial charge is 0.466 e. The van der Waals surface area contributed by atoms with E-state index in [1.54, 1.807) is 6.07 Å². The Kier molecular flexibility index (Phi) is 6.05. The molecule has 1 saturated heterocycles. The number of aromatic nitrogens is 2. The summed E-state index contributed by atoms with van der Waals surface area (Å²) in [7, 11) is 2.48. The first-order valence-corrected chi connectivity index (χ1v) is 8.53. The first-order valence-electron chi connectivity index (χ1n) is 8.53. The van der Waals surface area contributed by atoms with Gasteiger partial charge < -0.3 is 24.5 Å². The Morgan fingerprint density at radius 2 is 2.07 bits per heavy atom. The number of benzene rings is 1. The van der Waals surface area contributed by atoms with Crippen LogP contribution < -0.4 is 5.32 Å². The molecule has 0 spiro atoms. The van der Waals surface area contributed by atoms with Crippen LogP contribution in [0.4, 0.5) is 5.69 Å². The van der Waals surface area contributed by atoms with Gasteiger partial charge in [-0.1, -0.05) is 0 Å². The SMILES string of the molecule is COC(=O)/C=C(/Nc1ccc2nc(CN3CCOCC3)[nH]c2c1)C(=O)OC. The summed E-state index contributed by atoms with van der Waals surface area (Å²) in [5.74, 6) is -0.459. The van der Waals surface area contributed by atoms with Gasteiger partial charge in [0.1, 0.15) is 11.5 Å². The molecular weight excluding hydrogens is 352 g/mol. The molecule has 2 aromatic rings. The summed E-state index contributed by atoms with van der Waals surface area (Å²) in [6, 6.07) is 5.43. The summed E-state index contributed by atoms with van der Waals surface area (Å²) < 4.78 is 14.6. The molecule has 1 aliphatic heterocycles. The van der Waals surface area contributed by atoms with Gasteiger partial charge in [-0.25, -0.2) is 14.6 Å². The van der Waals surface area contributed by atoms with Gasteiger partial charge in [0.15, 0.2) is 0 Å². The summed E-state index contributed by atoms with van der Waals surface area (Å²) >= 11 is 0. The monoisotopic (exact) mass is 374 g/mol. The van der Waals surface area contributed by atoms with Crippen molar-refractivity contribution in [2.45, 2.75) is 6.54 Å². The van der Waals surface area contributed by atoms with Gasteiger partial charge in [0.25, 0.3) is 0 Å². The molecule has 0 saturated carbocycles. The quantitative estimate of drug-likeness (QED) is 0.571. The first-order chi connectivity index (χ1) is 13.1. The lowest BCUT2D eigenvalue weighted by Crippen LogP contribution is -2.35. The number of morpholine rings is 1. The number of imidazole rings is 1. The van der Waals surface area contributed by atoms with Crippen molar-refractivity contribution >= 4 is 28.7 Å². The van der Waals surface area contributed by atoms with Gasteiger partial charge in [0.05, 0.1) is 51.1 Å². The molecule has 1 fully saturated rings. The number of H-pyrrole nitrogens is 1. The lowest BCUT2D eigenvalue weighted by atomic mass is 10.2. The fourth-order valence-corrected chi connectivity index (χ4v) is 2.77. The summed E-state index contributed by atoms with van der Waals surface area (Å²) in [5, 5.41) is 2.89. The maximum atomic E-state index is 11.9. The Morgan fingerprint density at radius 3 is 2.78 bits per heavy atom. The molecule has 1 aromatic heterocycles. The molecule has 0 radical (unpaired) electrons. The van der Waals surface area contributed by atoms with Crippen molar-refractivity contribution < 1.29 is 23.8 Å². The minimum Gasteiger partial charge on any atom is -0.466 e. The highest BCUT2D eigenvalue weighted by Gasteiger charge is 2.15. The van der Waals surface area contributed by atoms with E-state index in [9.17, 15) is 9.59 Å². The third-order valence-electron chi connectivity index (χ3n) is 4.16. The molecule has 9 nitrogen and oxygen atoms in total. The molecular formula is C18H22N4O5. The molecule has 3 rings (SSSR count). The van der Waals surface area contributed by atoms with E-state index < -0.39 is 11.9 Å². The third kappa shape index (κ3) is 4.83. The number of nitrogens with zero attached hydrogens (tertiary/aromatic N) is 2. The van der Waals surface area contributed by atoms with Crippen molar-refractivity contribution in [2.75, 3.05) is 45.8 Å². The fourth-order valence-electron chi connectivity index (χ4n) is 2.77. The minimum absolute atomic E-state index is 0.0169. The van der Waals surface area contributed by atoms with E-state index in [2.05, 4.69) is 24.9 Å². The maximum Gasteiger partial charge on any atom is 0.354 e. The van der Waals surface area contributed by atoms with Crippen LogP contribution in [0, 0.1) is 0 Å². The molecule has 1 aliphatic rings. The molecule has 9 heteroatoms. The summed E-state index contributed by atoms with van der Waals surface area (Å²) in [4.78, 5) is 33.5. The van der Waals surface area contributed by atoms with E-state index in [0.717, 1.165) is 55.8 Å². The second-order valence-electron chi connectivity index (χ2n) is 6.00. The zero-order valence-electron chi connectivity index (χ0n) is 15.3. The van der Waals surface area contributed by atoms with Gasteiger partial charge in [0, 0.05) is 18.8 Å². The van der Waals surface area contributed by atoms with E-state index in [-0.39, 0.29) is 5.70 Å². The topological polar surface area (TPSA) is 106 Å². The highest BCUT2D eigenvalue weighted by molar-refractivity contribution is 5.99. The number of hydrogen-bond donors (Lipinski definition) is 2. The van der Waals surface area contributed by atoms with Gasteiger partial charge >= 0.3 is 11.9 Å². The van der Waals surface area contributed by atoms with Gasteiger partial charge in [0.2, 0.25) is 0 Å². The van der Waals surface area contributed by atoms with E-state index >= 15 is 0 Å². The Labute approximate surface area is 156 Å². The van der Waals surface area contributed by atoms with Crippen LogP contribution in [-0.4, -0.2) is 67.3 Å². The molecule has 2 heterocycles. The molecule has 0 amide bonds. The molecule has 0 atom stereocenters. The summed E-state index contributed by atoms with van der Waals surface area (Å²) in [5.41, 5.74) is 2.24. The zero-order valence-corrected chi connectivity index (χ0v) is 15.3. The average Bonchev–Trinajstić information content (AvgIpc) is 3.08. The Balaban J connectivity index is 1.77. The van der Waals surface area contributed by atoms with E-state index in [0.29, 0.717) is 5.69 Å². The normalized spacial score (nSPS) is 15.6. The molecule has 0 aliphatic carbocycles. The maximum absolute atomic E-state index is 11.9. The highest BCUT2D eigenvalue weighted by atomic mass is 16.5. The van der Waals surface area contributed by atoms with Crippen LogP contribution in [0.5, 0.6) is 0 Å². The van der Waals surface area contributed by atoms with Crippen LogP contribution in [0.2, 0.25) is 0 Å². The molecule has 0 unspecified atom stereocenters. The summed E-state index contributed by atoms with van der Waals surface area (Å²) in [6.45, 7) is 3.94. The van der Waals surface area contributed by atoms with Crippen molar-refractivity contribution in [2.24, 2.45) is 0 Å². The highest BCUT2D eigenvalue weighted by Crippen LogP contribution is 2.20. The number of carbonyl (C=O) groups is 2. The van der Waals surface area contributed by atoms with Crippen LogP contribution in [0.3, 0.4) is 0 Å². The second kappa shape index (κ2) is 8.65. The predicted octanol–water partition coefficient (Wildman–Crippen LogP) is 1.04. The van der Waals surface area contributed by atoms with Gasteiger partial charge in [-0.3, -0.25) is 4.90 Å². The number of esters is 2. The number of nitrogens with one attached hydrogen (secondary N) is 2. The number of fused-ring (bicyclic) bond motifs is 1. The fraction of sp³-hybridized carbons (Fsp3) is 0.389.